The van der Waals surface area contributed by atoms with Crippen LogP contribution < -0.4 is 9.80 Å². The van der Waals surface area contributed by atoms with Gasteiger partial charge in [0.1, 0.15) is 6.54 Å². The van der Waals surface area contributed by atoms with Crippen LogP contribution in [0.4, 0.5) is 22.7 Å². The molecule has 0 saturated carbocycles. The summed E-state index contributed by atoms with van der Waals surface area (Å²) in [7, 11) is 2.16. The molecule has 3 nitrogen and oxygen atoms in total. The minimum atomic E-state index is -0.179. The first-order valence-corrected chi connectivity index (χ1v) is 18.0. The predicted molar refractivity (Wildman–Crippen MR) is 209 cm³/mol. The Morgan fingerprint density at radius 2 is 1.35 bits per heavy atom. The Kier molecular flexibility index (Phi) is 8.71. The lowest BCUT2D eigenvalue weighted by Crippen LogP contribution is -2.27. The molecule has 0 spiro atoms. The summed E-state index contributed by atoms with van der Waals surface area (Å²) in [6.07, 6.45) is 11.3. The molecule has 0 fully saturated rings. The topological polar surface area (TPSA) is 9.49 Å². The van der Waals surface area contributed by atoms with Gasteiger partial charge >= 0.3 is 0 Å². The maximum atomic E-state index is 6.51. The van der Waals surface area contributed by atoms with Gasteiger partial charge in [0.25, 0.3) is 0 Å². The molecule has 3 aliphatic rings. The molecule has 5 heteroatoms. The van der Waals surface area contributed by atoms with E-state index in [0.29, 0.717) is 0 Å². The predicted octanol–water partition coefficient (Wildman–Crippen LogP) is 12.1. The number of rotatable bonds is 7. The van der Waals surface area contributed by atoms with Gasteiger partial charge in [0.2, 0.25) is 5.69 Å². The van der Waals surface area contributed by atoms with Crippen LogP contribution in [-0.4, -0.2) is 23.9 Å². The molecule has 4 aromatic carbocycles. The first-order chi connectivity index (χ1) is 23.5. The van der Waals surface area contributed by atoms with Crippen LogP contribution in [0, 0.1) is 0 Å². The van der Waals surface area contributed by atoms with Crippen molar-refractivity contribution in [1.29, 1.82) is 0 Å². The Hall–Kier alpha value is -4.31. The number of para-hydroxylation sites is 2. The molecular formula is C44H44Cl2N3+. The largest absolute Gasteiger partial charge is 0.347 e. The zero-order valence-corrected chi connectivity index (χ0v) is 30.8. The van der Waals surface area contributed by atoms with E-state index >= 15 is 0 Å². The molecule has 0 bridgehead atoms. The average molecular weight is 686 g/mol. The zero-order chi connectivity index (χ0) is 34.5. The number of hydrogen-bond donors (Lipinski definition) is 0. The van der Waals surface area contributed by atoms with Gasteiger partial charge in [0.05, 0.1) is 11.1 Å². The van der Waals surface area contributed by atoms with Crippen molar-refractivity contribution in [2.24, 2.45) is 0 Å². The molecule has 49 heavy (non-hydrogen) atoms. The molecule has 248 valence electrons. The van der Waals surface area contributed by atoms with Gasteiger partial charge < -0.3 is 9.80 Å². The van der Waals surface area contributed by atoms with Gasteiger partial charge in [-0.05, 0) is 111 Å². The Morgan fingerprint density at radius 1 is 0.735 bits per heavy atom. The van der Waals surface area contributed by atoms with E-state index in [-0.39, 0.29) is 10.8 Å². The van der Waals surface area contributed by atoms with Crippen LogP contribution in [0.25, 0.3) is 0 Å². The summed E-state index contributed by atoms with van der Waals surface area (Å²) >= 11 is 13.0. The maximum Gasteiger partial charge on any atom is 0.209 e. The molecule has 0 aromatic heterocycles. The smallest absolute Gasteiger partial charge is 0.209 e. The Morgan fingerprint density at radius 3 is 1.98 bits per heavy atom. The van der Waals surface area contributed by atoms with Gasteiger partial charge in [-0.2, -0.15) is 4.58 Å². The number of benzene rings is 4. The van der Waals surface area contributed by atoms with Crippen molar-refractivity contribution in [3.05, 3.63) is 165 Å². The van der Waals surface area contributed by atoms with Crippen molar-refractivity contribution in [3.8, 4) is 0 Å². The molecule has 7 rings (SSSR count). The summed E-state index contributed by atoms with van der Waals surface area (Å²) in [4.78, 5) is 4.75. The zero-order valence-electron chi connectivity index (χ0n) is 29.3. The summed E-state index contributed by atoms with van der Waals surface area (Å²) in [5.74, 6) is 0. The first kappa shape index (κ1) is 33.2. The number of fused-ring (bicyclic) bond motifs is 2. The van der Waals surface area contributed by atoms with Crippen molar-refractivity contribution in [1.82, 2.24) is 0 Å². The van der Waals surface area contributed by atoms with Crippen molar-refractivity contribution < 1.29 is 4.58 Å². The molecule has 4 aromatic rings. The van der Waals surface area contributed by atoms with E-state index in [1.165, 1.54) is 50.8 Å². The lowest BCUT2D eigenvalue weighted by Gasteiger charge is -2.29. The molecule has 0 saturated heterocycles. The summed E-state index contributed by atoms with van der Waals surface area (Å²) in [5, 5.41) is 1.55. The van der Waals surface area contributed by atoms with Crippen LogP contribution in [-0.2, 0) is 10.8 Å². The number of allylic oxidation sites excluding steroid dienone is 7. The van der Waals surface area contributed by atoms with Crippen molar-refractivity contribution in [3.63, 3.8) is 0 Å². The van der Waals surface area contributed by atoms with E-state index in [2.05, 4.69) is 165 Å². The summed E-state index contributed by atoms with van der Waals surface area (Å²) < 4.78 is 2.44. The van der Waals surface area contributed by atoms with Gasteiger partial charge in [-0.15, -0.1) is 0 Å². The van der Waals surface area contributed by atoms with Gasteiger partial charge in [-0.3, -0.25) is 0 Å². The molecule has 2 heterocycles. The van der Waals surface area contributed by atoms with Crippen LogP contribution in [0.3, 0.4) is 0 Å². The molecular weight excluding hydrogens is 641 g/mol. The van der Waals surface area contributed by atoms with Gasteiger partial charge in [-0.1, -0.05) is 85.6 Å². The average Bonchev–Trinajstić information content (AvgIpc) is 3.64. The van der Waals surface area contributed by atoms with E-state index in [1.807, 2.05) is 12.1 Å². The second-order valence-corrected chi connectivity index (χ2v) is 15.1. The fourth-order valence-corrected chi connectivity index (χ4v) is 8.39. The Labute approximate surface area is 301 Å². The second kappa shape index (κ2) is 12.9. The molecule has 0 amide bonds. The van der Waals surface area contributed by atoms with Crippen LogP contribution in [0.2, 0.25) is 10.0 Å². The quantitative estimate of drug-likeness (QED) is 0.179. The highest BCUT2D eigenvalue weighted by Gasteiger charge is 2.44. The standard InChI is InChI=1S/C44H44Cl2N3/c1-7-48-39-25-23-33(46)29-37(39)44(4,5)41(48)27-21-31-19-18-30(20-26-40-43(2,3)36-28-32(45)22-24-38(36)47(40)6)42(31)49(34-14-10-8-11-15-34)35-16-12-9-13-17-35/h8-17,20-29H,7,18-19H2,1-6H3/q+1. The molecule has 0 atom stereocenters. The minimum Gasteiger partial charge on any atom is -0.347 e. The molecule has 1 aliphatic carbocycles. The van der Waals surface area contributed by atoms with E-state index in [0.717, 1.165) is 40.8 Å². The van der Waals surface area contributed by atoms with Crippen LogP contribution >= 0.6 is 23.2 Å². The third-order valence-corrected chi connectivity index (χ3v) is 11.0. The van der Waals surface area contributed by atoms with Crippen molar-refractivity contribution in [2.75, 3.05) is 23.4 Å². The number of halogens is 2. The van der Waals surface area contributed by atoms with Crippen LogP contribution in [0.15, 0.2) is 144 Å². The van der Waals surface area contributed by atoms with Crippen molar-refractivity contribution >= 4 is 51.7 Å². The Balaban J connectivity index is 1.39. The van der Waals surface area contributed by atoms with E-state index in [9.17, 15) is 0 Å². The highest BCUT2D eigenvalue weighted by Crippen LogP contribution is 2.49. The minimum absolute atomic E-state index is 0.176. The highest BCUT2D eigenvalue weighted by molar-refractivity contribution is 6.31. The molecule has 2 aliphatic heterocycles. The van der Waals surface area contributed by atoms with E-state index in [4.69, 9.17) is 23.2 Å². The lowest BCUT2D eigenvalue weighted by atomic mass is 9.81. The van der Waals surface area contributed by atoms with Crippen molar-refractivity contribution in [2.45, 2.75) is 58.3 Å². The summed E-state index contributed by atoms with van der Waals surface area (Å²) in [5.41, 5.74) is 13.3. The molecule has 0 radical (unpaired) electrons. The molecule has 0 unspecified atom stereocenters. The number of anilines is 3. The van der Waals surface area contributed by atoms with E-state index < -0.39 is 0 Å². The van der Waals surface area contributed by atoms with Gasteiger partial charge in [0, 0.05) is 63.0 Å². The normalized spacial score (nSPS) is 19.5. The fourth-order valence-electron chi connectivity index (χ4n) is 8.04. The SMILES string of the molecule is CC[N+]1=C(/C=C/C2=C(N(c3ccccc3)c3ccccc3)C(=C/C=C3/N(C)c4ccc(Cl)cc4C3(C)C)/CC2)C(C)(C)c2cc(Cl)ccc21. The maximum absolute atomic E-state index is 6.51. The number of likely N-dealkylation sites (N-methyl/N-ethyl adjacent to an activating group) is 1. The summed E-state index contributed by atoms with van der Waals surface area (Å²) in [6.45, 7) is 12.3. The van der Waals surface area contributed by atoms with E-state index in [1.54, 1.807) is 0 Å². The second-order valence-electron chi connectivity index (χ2n) is 14.2. The van der Waals surface area contributed by atoms with Gasteiger partial charge in [-0.25, -0.2) is 0 Å². The third-order valence-electron chi connectivity index (χ3n) is 10.6. The monoisotopic (exact) mass is 684 g/mol. The lowest BCUT2D eigenvalue weighted by molar-refractivity contribution is -0.433. The third kappa shape index (κ3) is 5.77. The van der Waals surface area contributed by atoms with Gasteiger partial charge in [0.15, 0.2) is 5.71 Å². The Bertz CT molecular complexity index is 2040. The molecule has 0 N–H and O–H groups in total. The first-order valence-electron chi connectivity index (χ1n) is 17.2. The highest BCUT2D eigenvalue weighted by atomic mass is 35.5. The number of nitrogens with zero attached hydrogens (tertiary/aromatic N) is 3. The number of hydrogen-bond acceptors (Lipinski definition) is 2. The fraction of sp³-hybridized carbons (Fsp3) is 0.250. The summed E-state index contributed by atoms with van der Waals surface area (Å²) in [6, 6.07) is 34.0. The van der Waals surface area contributed by atoms with Crippen LogP contribution in [0.5, 0.6) is 0 Å². The van der Waals surface area contributed by atoms with Crippen LogP contribution in [0.1, 0.15) is 58.6 Å².